The van der Waals surface area contributed by atoms with Gasteiger partial charge in [0.1, 0.15) is 5.82 Å². The Morgan fingerprint density at radius 2 is 2.33 bits per heavy atom. The van der Waals surface area contributed by atoms with E-state index in [1.165, 1.54) is 18.3 Å². The average molecular weight is 246 g/mol. The van der Waals surface area contributed by atoms with Crippen molar-refractivity contribution in [2.45, 2.75) is 6.92 Å². The quantitative estimate of drug-likeness (QED) is 0.638. The van der Waals surface area contributed by atoms with Crippen molar-refractivity contribution in [1.82, 2.24) is 15.6 Å². The molecule has 0 aliphatic rings. The molecule has 0 aliphatic heterocycles. The maximum absolute atomic E-state index is 12.9. The van der Waals surface area contributed by atoms with Gasteiger partial charge in [0, 0.05) is 5.69 Å². The van der Waals surface area contributed by atoms with Crippen LogP contribution in [0.4, 0.5) is 4.39 Å². The van der Waals surface area contributed by atoms with E-state index in [1.807, 2.05) is 0 Å². The summed E-state index contributed by atoms with van der Waals surface area (Å²) in [6.07, 6.45) is 1.36. The van der Waals surface area contributed by atoms with Crippen molar-refractivity contribution in [3.05, 3.63) is 53.1 Å². The first-order valence-electron chi connectivity index (χ1n) is 5.26. The zero-order valence-electron chi connectivity index (χ0n) is 9.64. The van der Waals surface area contributed by atoms with Gasteiger partial charge in [0.05, 0.1) is 6.21 Å². The maximum atomic E-state index is 12.9. The topological polar surface area (TPSA) is 70.1 Å². The third-order valence-corrected chi connectivity index (χ3v) is 2.17. The number of carbonyl (C=O) groups excluding carboxylic acids is 1. The minimum Gasteiger partial charge on any atom is -0.282 e. The molecule has 0 fully saturated rings. The van der Waals surface area contributed by atoms with Crippen LogP contribution in [0.2, 0.25) is 0 Å². The molecule has 2 N–H and O–H groups in total. The molecule has 5 nitrogen and oxygen atoms in total. The molecule has 1 heterocycles. The lowest BCUT2D eigenvalue weighted by atomic mass is 10.2. The lowest BCUT2D eigenvalue weighted by Gasteiger charge is -1.95. The standard InChI is InChI=1S/C12H11FN4O/c1-8-5-11(16-15-8)12(18)17-14-7-9-3-2-4-10(13)6-9/h2-7H,1H3,(H,15,16)(H,17,18)/b14-7-. The van der Waals surface area contributed by atoms with E-state index >= 15 is 0 Å². The van der Waals surface area contributed by atoms with Crippen molar-refractivity contribution >= 4 is 12.1 Å². The van der Waals surface area contributed by atoms with Gasteiger partial charge in [-0.2, -0.15) is 10.2 Å². The summed E-state index contributed by atoms with van der Waals surface area (Å²) in [5, 5.41) is 10.2. The van der Waals surface area contributed by atoms with Crippen molar-refractivity contribution in [2.75, 3.05) is 0 Å². The molecule has 0 radical (unpaired) electrons. The molecule has 0 saturated carbocycles. The van der Waals surface area contributed by atoms with Crippen molar-refractivity contribution in [1.29, 1.82) is 0 Å². The Labute approximate surface area is 103 Å². The number of rotatable bonds is 3. The van der Waals surface area contributed by atoms with Crippen LogP contribution in [0.5, 0.6) is 0 Å². The molecule has 1 amide bonds. The van der Waals surface area contributed by atoms with E-state index in [0.29, 0.717) is 5.56 Å². The van der Waals surface area contributed by atoms with Gasteiger partial charge in [-0.25, -0.2) is 9.82 Å². The summed E-state index contributed by atoms with van der Waals surface area (Å²) >= 11 is 0. The molecule has 1 aromatic heterocycles. The van der Waals surface area contributed by atoms with Crippen LogP contribution in [-0.4, -0.2) is 22.3 Å². The molecule has 0 bridgehead atoms. The van der Waals surface area contributed by atoms with E-state index in [0.717, 1.165) is 5.69 Å². The summed E-state index contributed by atoms with van der Waals surface area (Å²) in [6.45, 7) is 1.79. The van der Waals surface area contributed by atoms with Crippen LogP contribution in [0.3, 0.4) is 0 Å². The monoisotopic (exact) mass is 246 g/mol. The molecule has 0 saturated heterocycles. The number of hydrazone groups is 1. The van der Waals surface area contributed by atoms with Gasteiger partial charge in [0.2, 0.25) is 0 Å². The number of hydrogen-bond donors (Lipinski definition) is 2. The number of H-pyrrole nitrogens is 1. The van der Waals surface area contributed by atoms with E-state index in [2.05, 4.69) is 20.7 Å². The fourth-order valence-corrected chi connectivity index (χ4v) is 1.34. The molecule has 18 heavy (non-hydrogen) atoms. The number of amides is 1. The number of nitrogens with one attached hydrogen (secondary N) is 2. The first-order valence-corrected chi connectivity index (χ1v) is 5.26. The van der Waals surface area contributed by atoms with Gasteiger partial charge in [-0.15, -0.1) is 0 Å². The number of nitrogens with zero attached hydrogens (tertiary/aromatic N) is 2. The van der Waals surface area contributed by atoms with E-state index in [1.54, 1.807) is 25.1 Å². The lowest BCUT2D eigenvalue weighted by Crippen LogP contribution is -2.18. The van der Waals surface area contributed by atoms with Crippen molar-refractivity contribution in [3.63, 3.8) is 0 Å². The minimum atomic E-state index is -0.424. The molecule has 6 heteroatoms. The smallest absolute Gasteiger partial charge is 0.282 e. The van der Waals surface area contributed by atoms with Crippen LogP contribution in [0, 0.1) is 12.7 Å². The Morgan fingerprint density at radius 3 is 3.00 bits per heavy atom. The Balaban J connectivity index is 1.97. The Morgan fingerprint density at radius 1 is 1.50 bits per heavy atom. The van der Waals surface area contributed by atoms with Gasteiger partial charge < -0.3 is 0 Å². The van der Waals surface area contributed by atoms with Gasteiger partial charge >= 0.3 is 0 Å². The zero-order chi connectivity index (χ0) is 13.0. The summed E-state index contributed by atoms with van der Waals surface area (Å²) in [5.41, 5.74) is 3.91. The SMILES string of the molecule is Cc1cc(C(=O)N/N=C\c2cccc(F)c2)n[nH]1. The van der Waals surface area contributed by atoms with Crippen LogP contribution >= 0.6 is 0 Å². The zero-order valence-corrected chi connectivity index (χ0v) is 9.64. The first kappa shape index (κ1) is 12.0. The largest absolute Gasteiger partial charge is 0.291 e. The fraction of sp³-hybridized carbons (Fsp3) is 0.0833. The predicted molar refractivity (Wildman–Crippen MR) is 64.8 cm³/mol. The summed E-state index contributed by atoms with van der Waals surface area (Å²) < 4.78 is 12.9. The molecular formula is C12H11FN4O. The molecule has 0 unspecified atom stereocenters. The maximum Gasteiger partial charge on any atom is 0.291 e. The number of benzene rings is 1. The van der Waals surface area contributed by atoms with Gasteiger partial charge in [-0.3, -0.25) is 9.89 Å². The number of aromatic amines is 1. The molecule has 1 aromatic carbocycles. The minimum absolute atomic E-state index is 0.254. The van der Waals surface area contributed by atoms with E-state index in [-0.39, 0.29) is 11.5 Å². The summed E-state index contributed by atoms with van der Waals surface area (Å²) in [6, 6.07) is 7.50. The van der Waals surface area contributed by atoms with Crippen LogP contribution in [-0.2, 0) is 0 Å². The van der Waals surface area contributed by atoms with Gasteiger partial charge in [0.15, 0.2) is 5.69 Å². The second-order valence-corrected chi connectivity index (χ2v) is 3.69. The number of aryl methyl sites for hydroxylation is 1. The lowest BCUT2D eigenvalue weighted by molar-refractivity contribution is 0.0950. The highest BCUT2D eigenvalue weighted by Crippen LogP contribution is 2.00. The third kappa shape index (κ3) is 3.00. The Bertz CT molecular complexity index is 591. The van der Waals surface area contributed by atoms with Crippen LogP contribution < -0.4 is 5.43 Å². The number of carbonyl (C=O) groups is 1. The highest BCUT2D eigenvalue weighted by atomic mass is 19.1. The molecule has 92 valence electrons. The fourth-order valence-electron chi connectivity index (χ4n) is 1.34. The molecule has 2 aromatic rings. The summed E-state index contributed by atoms with van der Waals surface area (Å²) in [7, 11) is 0. The van der Waals surface area contributed by atoms with Gasteiger partial charge in [-0.05, 0) is 30.7 Å². The highest BCUT2D eigenvalue weighted by molar-refractivity contribution is 5.93. The normalized spacial score (nSPS) is 10.8. The van der Waals surface area contributed by atoms with Crippen molar-refractivity contribution in [3.8, 4) is 0 Å². The second-order valence-electron chi connectivity index (χ2n) is 3.69. The summed E-state index contributed by atoms with van der Waals surface area (Å²) in [4.78, 5) is 11.5. The third-order valence-electron chi connectivity index (χ3n) is 2.17. The molecule has 0 spiro atoms. The van der Waals surface area contributed by atoms with Crippen LogP contribution in [0.25, 0.3) is 0 Å². The van der Waals surface area contributed by atoms with E-state index in [4.69, 9.17) is 0 Å². The van der Waals surface area contributed by atoms with Crippen LogP contribution in [0.1, 0.15) is 21.7 Å². The average Bonchev–Trinajstić information content (AvgIpc) is 2.76. The van der Waals surface area contributed by atoms with E-state index < -0.39 is 5.91 Å². The first-order chi connectivity index (χ1) is 8.65. The van der Waals surface area contributed by atoms with E-state index in [9.17, 15) is 9.18 Å². The number of halogens is 1. The number of aromatic nitrogens is 2. The van der Waals surface area contributed by atoms with Crippen LogP contribution in [0.15, 0.2) is 35.4 Å². The summed E-state index contributed by atoms with van der Waals surface area (Å²) in [5.74, 6) is -0.778. The highest BCUT2D eigenvalue weighted by Gasteiger charge is 2.07. The van der Waals surface area contributed by atoms with Gasteiger partial charge in [-0.1, -0.05) is 12.1 Å². The molecule has 0 aliphatic carbocycles. The van der Waals surface area contributed by atoms with Crippen molar-refractivity contribution in [2.24, 2.45) is 5.10 Å². The molecule has 2 rings (SSSR count). The Hall–Kier alpha value is -2.50. The van der Waals surface area contributed by atoms with Gasteiger partial charge in [0.25, 0.3) is 5.91 Å². The molecular weight excluding hydrogens is 235 g/mol. The Kier molecular flexibility index (Phi) is 3.47. The van der Waals surface area contributed by atoms with Crippen molar-refractivity contribution < 1.29 is 9.18 Å². The molecule has 0 atom stereocenters. The second kappa shape index (κ2) is 5.22. The predicted octanol–water partition coefficient (Wildman–Crippen LogP) is 1.62. The number of hydrogen-bond acceptors (Lipinski definition) is 3.